The lowest BCUT2D eigenvalue weighted by molar-refractivity contribution is -0.145. The number of amides is 1. The fraction of sp³-hybridized carbons (Fsp3) is 0.444. The molecule has 7 heteroatoms. The van der Waals surface area contributed by atoms with Gasteiger partial charge in [0, 0.05) is 25.6 Å². The molecule has 1 aliphatic rings. The number of aliphatic carboxylic acids is 1. The van der Waals surface area contributed by atoms with Crippen LogP contribution in [0.1, 0.15) is 11.6 Å². The topological polar surface area (TPSA) is 84.2 Å². The van der Waals surface area contributed by atoms with Crippen molar-refractivity contribution in [3.63, 3.8) is 0 Å². The minimum absolute atomic E-state index is 0.173. The predicted molar refractivity (Wildman–Crippen MR) is 50.0 cm³/mol. The lowest BCUT2D eigenvalue weighted by Crippen LogP contribution is -2.26. The SMILES string of the molecule is Cn1nc(C2CNC(=O)[C@@H]2C(=O)O)cc1F. The van der Waals surface area contributed by atoms with Gasteiger partial charge in [0.2, 0.25) is 11.9 Å². The first kappa shape index (κ1) is 10.6. The van der Waals surface area contributed by atoms with Crippen LogP contribution in [0, 0.1) is 11.9 Å². The number of carbonyl (C=O) groups excluding carboxylic acids is 1. The van der Waals surface area contributed by atoms with Gasteiger partial charge in [-0.25, -0.2) is 4.68 Å². The summed E-state index contributed by atoms with van der Waals surface area (Å²) in [6, 6.07) is 1.15. The zero-order valence-corrected chi connectivity index (χ0v) is 8.48. The Morgan fingerprint density at radius 2 is 2.44 bits per heavy atom. The number of halogens is 1. The first-order valence-corrected chi connectivity index (χ1v) is 4.70. The Balaban J connectivity index is 2.33. The number of hydrogen-bond acceptors (Lipinski definition) is 3. The number of nitrogens with zero attached hydrogens (tertiary/aromatic N) is 2. The summed E-state index contributed by atoms with van der Waals surface area (Å²) in [5.74, 6) is -4.12. The van der Waals surface area contributed by atoms with Crippen LogP contribution in [0.5, 0.6) is 0 Å². The van der Waals surface area contributed by atoms with E-state index in [0.29, 0.717) is 0 Å². The average Bonchev–Trinajstić information content (AvgIpc) is 2.71. The van der Waals surface area contributed by atoms with Gasteiger partial charge in [-0.3, -0.25) is 9.59 Å². The Labute approximate surface area is 90.1 Å². The van der Waals surface area contributed by atoms with E-state index >= 15 is 0 Å². The van der Waals surface area contributed by atoms with Crippen molar-refractivity contribution in [2.75, 3.05) is 6.54 Å². The average molecular weight is 227 g/mol. The van der Waals surface area contributed by atoms with E-state index in [0.717, 1.165) is 10.7 Å². The molecule has 1 fully saturated rings. The molecule has 86 valence electrons. The third-order valence-electron chi connectivity index (χ3n) is 2.67. The number of carboxylic acids is 1. The molecule has 1 saturated heterocycles. The summed E-state index contributed by atoms with van der Waals surface area (Å²) in [5, 5.41) is 15.2. The summed E-state index contributed by atoms with van der Waals surface area (Å²) < 4.78 is 14.1. The second-order valence-electron chi connectivity index (χ2n) is 3.68. The van der Waals surface area contributed by atoms with E-state index in [-0.39, 0.29) is 12.2 Å². The molecule has 0 radical (unpaired) electrons. The van der Waals surface area contributed by atoms with Gasteiger partial charge in [0.25, 0.3) is 0 Å². The van der Waals surface area contributed by atoms with E-state index in [1.807, 2.05) is 0 Å². The molecule has 1 unspecified atom stereocenters. The third kappa shape index (κ3) is 1.54. The van der Waals surface area contributed by atoms with Crippen molar-refractivity contribution >= 4 is 11.9 Å². The molecule has 0 spiro atoms. The highest BCUT2D eigenvalue weighted by atomic mass is 19.1. The molecule has 0 aliphatic carbocycles. The molecule has 0 aromatic carbocycles. The van der Waals surface area contributed by atoms with Crippen LogP contribution < -0.4 is 5.32 Å². The maximum absolute atomic E-state index is 13.1. The first-order valence-electron chi connectivity index (χ1n) is 4.70. The first-order chi connectivity index (χ1) is 7.50. The highest BCUT2D eigenvalue weighted by Crippen LogP contribution is 2.28. The van der Waals surface area contributed by atoms with Crippen LogP contribution in [0.4, 0.5) is 4.39 Å². The van der Waals surface area contributed by atoms with E-state index < -0.39 is 29.7 Å². The highest BCUT2D eigenvalue weighted by Gasteiger charge is 2.42. The smallest absolute Gasteiger partial charge is 0.316 e. The van der Waals surface area contributed by atoms with Gasteiger partial charge in [-0.1, -0.05) is 0 Å². The zero-order valence-electron chi connectivity index (χ0n) is 8.48. The molecule has 1 amide bonds. The Kier molecular flexibility index (Phi) is 2.37. The lowest BCUT2D eigenvalue weighted by Gasteiger charge is -2.09. The molecule has 2 atom stereocenters. The van der Waals surface area contributed by atoms with Crippen molar-refractivity contribution < 1.29 is 19.1 Å². The molecule has 0 bridgehead atoms. The van der Waals surface area contributed by atoms with Crippen molar-refractivity contribution in [1.82, 2.24) is 15.1 Å². The highest BCUT2D eigenvalue weighted by molar-refractivity contribution is 5.99. The number of nitrogens with one attached hydrogen (secondary N) is 1. The van der Waals surface area contributed by atoms with Crippen LogP contribution in [-0.4, -0.2) is 33.3 Å². The fourth-order valence-electron chi connectivity index (χ4n) is 1.83. The van der Waals surface area contributed by atoms with Crippen LogP contribution in [0.25, 0.3) is 0 Å². The van der Waals surface area contributed by atoms with Crippen molar-refractivity contribution in [3.8, 4) is 0 Å². The summed E-state index contributed by atoms with van der Waals surface area (Å²) in [7, 11) is 1.42. The summed E-state index contributed by atoms with van der Waals surface area (Å²) in [6.07, 6.45) is 0. The predicted octanol–water partition coefficient (Wildman–Crippen LogP) is -0.527. The molecule has 2 rings (SSSR count). The van der Waals surface area contributed by atoms with Crippen molar-refractivity contribution in [2.24, 2.45) is 13.0 Å². The van der Waals surface area contributed by atoms with Crippen LogP contribution in [-0.2, 0) is 16.6 Å². The summed E-state index contributed by atoms with van der Waals surface area (Å²) >= 11 is 0. The molecule has 16 heavy (non-hydrogen) atoms. The van der Waals surface area contributed by atoms with Crippen LogP contribution in [0.2, 0.25) is 0 Å². The third-order valence-corrected chi connectivity index (χ3v) is 2.67. The summed E-state index contributed by atoms with van der Waals surface area (Å²) in [6.45, 7) is 0.173. The number of rotatable bonds is 2. The Morgan fingerprint density at radius 1 is 1.75 bits per heavy atom. The molecular formula is C9H10FN3O3. The second kappa shape index (κ2) is 3.58. The zero-order chi connectivity index (χ0) is 11.9. The molecule has 1 aromatic heterocycles. The standard InChI is InChI=1S/C9H10FN3O3/c1-13-6(10)2-5(12-13)4-3-11-8(14)7(4)9(15)16/h2,4,7H,3H2,1H3,(H,11,14)(H,15,16)/t4?,7-/m1/s1. The fourth-order valence-corrected chi connectivity index (χ4v) is 1.83. The monoisotopic (exact) mass is 227 g/mol. The summed E-state index contributed by atoms with van der Waals surface area (Å²) in [4.78, 5) is 22.2. The van der Waals surface area contributed by atoms with E-state index in [1.54, 1.807) is 0 Å². The Morgan fingerprint density at radius 3 is 2.94 bits per heavy atom. The van der Waals surface area contributed by atoms with Gasteiger partial charge < -0.3 is 10.4 Å². The van der Waals surface area contributed by atoms with Crippen molar-refractivity contribution in [1.29, 1.82) is 0 Å². The summed E-state index contributed by atoms with van der Waals surface area (Å²) in [5.41, 5.74) is 0.283. The Hall–Kier alpha value is -1.92. The van der Waals surface area contributed by atoms with Gasteiger partial charge in [0.15, 0.2) is 0 Å². The van der Waals surface area contributed by atoms with Gasteiger partial charge in [-0.05, 0) is 0 Å². The van der Waals surface area contributed by atoms with Crippen molar-refractivity contribution in [3.05, 3.63) is 17.7 Å². The van der Waals surface area contributed by atoms with Gasteiger partial charge >= 0.3 is 5.97 Å². The molecule has 2 heterocycles. The molecule has 6 nitrogen and oxygen atoms in total. The van der Waals surface area contributed by atoms with E-state index in [9.17, 15) is 14.0 Å². The number of carboxylic acid groups (broad SMARTS) is 1. The second-order valence-corrected chi connectivity index (χ2v) is 3.68. The maximum Gasteiger partial charge on any atom is 0.316 e. The number of aryl methyl sites for hydroxylation is 1. The lowest BCUT2D eigenvalue weighted by atomic mass is 9.93. The van der Waals surface area contributed by atoms with Crippen LogP contribution in [0.15, 0.2) is 6.07 Å². The molecule has 0 saturated carbocycles. The molecule has 2 N–H and O–H groups in total. The molecular weight excluding hydrogens is 217 g/mol. The Bertz CT molecular complexity index is 437. The number of carbonyl (C=O) groups is 2. The van der Waals surface area contributed by atoms with Gasteiger partial charge in [0.05, 0.1) is 5.69 Å². The van der Waals surface area contributed by atoms with Crippen molar-refractivity contribution in [2.45, 2.75) is 5.92 Å². The minimum atomic E-state index is -1.22. The van der Waals surface area contributed by atoms with E-state index in [2.05, 4.69) is 10.4 Å². The van der Waals surface area contributed by atoms with E-state index in [4.69, 9.17) is 5.11 Å². The molecule has 1 aliphatic heterocycles. The minimum Gasteiger partial charge on any atom is -0.481 e. The van der Waals surface area contributed by atoms with Crippen LogP contribution in [0.3, 0.4) is 0 Å². The normalized spacial score (nSPS) is 24.5. The molecule has 1 aromatic rings. The van der Waals surface area contributed by atoms with Gasteiger partial charge in [-0.15, -0.1) is 0 Å². The maximum atomic E-state index is 13.1. The van der Waals surface area contributed by atoms with Gasteiger partial charge in [0.1, 0.15) is 5.92 Å². The van der Waals surface area contributed by atoms with E-state index in [1.165, 1.54) is 7.05 Å². The largest absolute Gasteiger partial charge is 0.481 e. The quantitative estimate of drug-likeness (QED) is 0.665. The van der Waals surface area contributed by atoms with Gasteiger partial charge in [-0.2, -0.15) is 9.49 Å². The number of hydrogen-bond donors (Lipinski definition) is 2. The number of aromatic nitrogens is 2. The van der Waals surface area contributed by atoms with Crippen LogP contribution >= 0.6 is 0 Å².